The molecule has 0 fully saturated rings. The Morgan fingerprint density at radius 2 is 1.95 bits per heavy atom. The molecule has 1 aromatic heterocycles. The third-order valence-electron chi connectivity index (χ3n) is 3.09. The Labute approximate surface area is 116 Å². The van der Waals surface area contributed by atoms with E-state index in [0.29, 0.717) is 17.9 Å². The Balaban J connectivity index is 3.21. The molecular weight excluding hydrogens is 238 g/mol. The van der Waals surface area contributed by atoms with Gasteiger partial charge in [-0.3, -0.25) is 4.79 Å². The molecule has 0 saturated carbocycles. The molecule has 1 aromatic rings. The first-order chi connectivity index (χ1) is 8.66. The van der Waals surface area contributed by atoms with Crippen molar-refractivity contribution in [3.05, 3.63) is 23.4 Å². The summed E-state index contributed by atoms with van der Waals surface area (Å²) in [5.74, 6) is 0.410. The van der Waals surface area contributed by atoms with Crippen molar-refractivity contribution in [2.24, 2.45) is 0 Å². The van der Waals surface area contributed by atoms with Crippen molar-refractivity contribution >= 4 is 11.7 Å². The maximum atomic E-state index is 12.5. The molecule has 0 bridgehead atoms. The Hall–Kier alpha value is -1.58. The van der Waals surface area contributed by atoms with Crippen molar-refractivity contribution in [2.45, 2.75) is 53.0 Å². The van der Waals surface area contributed by atoms with Gasteiger partial charge < -0.3 is 10.6 Å². The van der Waals surface area contributed by atoms with Crippen LogP contribution in [0.2, 0.25) is 0 Å². The molecule has 0 spiro atoms. The number of nitrogen functional groups attached to an aromatic ring is 1. The number of amides is 1. The third kappa shape index (κ3) is 3.69. The highest BCUT2D eigenvalue weighted by Crippen LogP contribution is 2.23. The molecule has 0 radical (unpaired) electrons. The van der Waals surface area contributed by atoms with Crippen LogP contribution in [0.1, 0.15) is 57.6 Å². The summed E-state index contributed by atoms with van der Waals surface area (Å²) in [6, 6.07) is 3.68. The lowest BCUT2D eigenvalue weighted by Crippen LogP contribution is -2.37. The van der Waals surface area contributed by atoms with Crippen LogP contribution in [0.3, 0.4) is 0 Å². The zero-order valence-corrected chi connectivity index (χ0v) is 12.8. The number of hydrogen-bond donors (Lipinski definition) is 1. The molecule has 106 valence electrons. The molecule has 4 heteroatoms. The van der Waals surface area contributed by atoms with Gasteiger partial charge in [0.2, 0.25) is 0 Å². The molecule has 0 atom stereocenters. The molecule has 1 heterocycles. The van der Waals surface area contributed by atoms with E-state index < -0.39 is 0 Å². The second kappa shape index (κ2) is 5.59. The lowest BCUT2D eigenvalue weighted by molar-refractivity contribution is 0.0716. The fourth-order valence-corrected chi connectivity index (χ4v) is 1.97. The van der Waals surface area contributed by atoms with E-state index in [1.54, 1.807) is 6.07 Å². The van der Waals surface area contributed by atoms with Gasteiger partial charge in [0.1, 0.15) is 5.82 Å². The Kier molecular flexibility index (Phi) is 4.56. The predicted octanol–water partition coefficient (Wildman–Crippen LogP) is 2.83. The van der Waals surface area contributed by atoms with E-state index in [4.69, 9.17) is 5.73 Å². The largest absolute Gasteiger partial charge is 0.384 e. The van der Waals surface area contributed by atoms with Crippen LogP contribution in [0.25, 0.3) is 0 Å². The summed E-state index contributed by atoms with van der Waals surface area (Å²) < 4.78 is 0. The standard InChI is InChI=1S/C15H25N3O/c1-7-18(10(2)3)14(19)11-8-12(15(4,5)6)17-13(16)9-11/h8-10H,7H2,1-6H3,(H2,16,17). The first kappa shape index (κ1) is 15.5. The molecule has 0 aliphatic heterocycles. The summed E-state index contributed by atoms with van der Waals surface area (Å²) in [6.45, 7) is 12.9. The van der Waals surface area contributed by atoms with Crippen molar-refractivity contribution < 1.29 is 4.79 Å². The van der Waals surface area contributed by atoms with E-state index in [1.165, 1.54) is 0 Å². The van der Waals surface area contributed by atoms with Gasteiger partial charge in [-0.25, -0.2) is 4.98 Å². The van der Waals surface area contributed by atoms with Gasteiger partial charge in [0.05, 0.1) is 0 Å². The first-order valence-corrected chi connectivity index (χ1v) is 6.75. The average Bonchev–Trinajstić information content (AvgIpc) is 2.27. The summed E-state index contributed by atoms with van der Waals surface area (Å²) >= 11 is 0. The molecule has 0 aromatic carbocycles. The highest BCUT2D eigenvalue weighted by Gasteiger charge is 2.22. The van der Waals surface area contributed by atoms with Crippen molar-refractivity contribution in [2.75, 3.05) is 12.3 Å². The number of hydrogen-bond acceptors (Lipinski definition) is 3. The number of nitrogens with zero attached hydrogens (tertiary/aromatic N) is 2. The number of anilines is 1. The Bertz CT molecular complexity index is 461. The highest BCUT2D eigenvalue weighted by atomic mass is 16.2. The molecule has 0 unspecified atom stereocenters. The maximum absolute atomic E-state index is 12.5. The molecule has 2 N–H and O–H groups in total. The summed E-state index contributed by atoms with van der Waals surface area (Å²) in [5, 5.41) is 0. The smallest absolute Gasteiger partial charge is 0.254 e. The van der Waals surface area contributed by atoms with Gasteiger partial charge in [-0.15, -0.1) is 0 Å². The molecule has 0 saturated heterocycles. The van der Waals surface area contributed by atoms with Gasteiger partial charge in [0.15, 0.2) is 0 Å². The van der Waals surface area contributed by atoms with Gasteiger partial charge in [-0.2, -0.15) is 0 Å². The van der Waals surface area contributed by atoms with Crippen LogP contribution in [-0.4, -0.2) is 28.4 Å². The van der Waals surface area contributed by atoms with Crippen LogP contribution >= 0.6 is 0 Å². The highest BCUT2D eigenvalue weighted by molar-refractivity contribution is 5.95. The van der Waals surface area contributed by atoms with Gasteiger partial charge >= 0.3 is 0 Å². The van der Waals surface area contributed by atoms with Crippen molar-refractivity contribution in [3.63, 3.8) is 0 Å². The maximum Gasteiger partial charge on any atom is 0.254 e. The first-order valence-electron chi connectivity index (χ1n) is 6.75. The minimum atomic E-state index is -0.126. The summed E-state index contributed by atoms with van der Waals surface area (Å²) in [6.07, 6.45) is 0. The SMILES string of the molecule is CCN(C(=O)c1cc(N)nc(C(C)(C)C)c1)C(C)C. The molecular formula is C15H25N3O. The van der Waals surface area contributed by atoms with Crippen molar-refractivity contribution in [1.82, 2.24) is 9.88 Å². The van der Waals surface area contributed by atoms with E-state index in [9.17, 15) is 4.79 Å². The van der Waals surface area contributed by atoms with Crippen LogP contribution in [0.4, 0.5) is 5.82 Å². The monoisotopic (exact) mass is 263 g/mol. The number of aromatic nitrogens is 1. The van der Waals surface area contributed by atoms with Gasteiger partial charge in [-0.1, -0.05) is 20.8 Å². The average molecular weight is 263 g/mol. The second-order valence-electron chi connectivity index (χ2n) is 6.10. The number of nitrogens with two attached hydrogens (primary N) is 1. The number of carbonyl (C=O) groups is 1. The third-order valence-corrected chi connectivity index (χ3v) is 3.09. The van der Waals surface area contributed by atoms with Crippen molar-refractivity contribution in [1.29, 1.82) is 0 Å². The summed E-state index contributed by atoms with van der Waals surface area (Å²) in [5.41, 5.74) is 7.17. The van der Waals surface area contributed by atoms with Crippen LogP contribution in [0, 0.1) is 0 Å². The minimum absolute atomic E-state index is 0.0112. The quantitative estimate of drug-likeness (QED) is 0.912. The molecule has 0 aliphatic carbocycles. The van der Waals surface area contributed by atoms with E-state index >= 15 is 0 Å². The number of rotatable bonds is 3. The topological polar surface area (TPSA) is 59.2 Å². The molecule has 19 heavy (non-hydrogen) atoms. The number of pyridine rings is 1. The fourth-order valence-electron chi connectivity index (χ4n) is 1.97. The van der Waals surface area contributed by atoms with Gasteiger partial charge in [0, 0.05) is 29.3 Å². The second-order valence-corrected chi connectivity index (χ2v) is 6.10. The zero-order chi connectivity index (χ0) is 14.8. The van der Waals surface area contributed by atoms with Crippen molar-refractivity contribution in [3.8, 4) is 0 Å². The van der Waals surface area contributed by atoms with Crippen LogP contribution in [0.5, 0.6) is 0 Å². The Morgan fingerprint density at radius 3 is 2.37 bits per heavy atom. The molecule has 0 aliphatic rings. The van der Waals surface area contributed by atoms with Gasteiger partial charge in [0.25, 0.3) is 5.91 Å². The van der Waals surface area contributed by atoms with Crippen LogP contribution in [0.15, 0.2) is 12.1 Å². The van der Waals surface area contributed by atoms with Gasteiger partial charge in [-0.05, 0) is 32.9 Å². The summed E-state index contributed by atoms with van der Waals surface area (Å²) in [7, 11) is 0. The predicted molar refractivity (Wildman–Crippen MR) is 79.2 cm³/mol. The van der Waals surface area contributed by atoms with Crippen LogP contribution in [-0.2, 0) is 5.41 Å². The van der Waals surface area contributed by atoms with E-state index in [0.717, 1.165) is 5.69 Å². The molecule has 1 rings (SSSR count). The fraction of sp³-hybridized carbons (Fsp3) is 0.600. The van der Waals surface area contributed by atoms with E-state index in [-0.39, 0.29) is 17.4 Å². The Morgan fingerprint density at radius 1 is 1.37 bits per heavy atom. The molecule has 1 amide bonds. The lowest BCUT2D eigenvalue weighted by Gasteiger charge is -2.26. The molecule has 4 nitrogen and oxygen atoms in total. The lowest BCUT2D eigenvalue weighted by atomic mass is 9.90. The minimum Gasteiger partial charge on any atom is -0.384 e. The zero-order valence-electron chi connectivity index (χ0n) is 12.8. The van der Waals surface area contributed by atoms with Crippen LogP contribution < -0.4 is 5.73 Å². The normalized spacial score (nSPS) is 11.7. The van der Waals surface area contributed by atoms with E-state index in [1.807, 2.05) is 31.7 Å². The van der Waals surface area contributed by atoms with E-state index in [2.05, 4.69) is 25.8 Å². The number of carbonyl (C=O) groups excluding carboxylic acids is 1. The summed E-state index contributed by atoms with van der Waals surface area (Å²) in [4.78, 5) is 18.6.